The van der Waals surface area contributed by atoms with Gasteiger partial charge in [0.1, 0.15) is 5.82 Å². The lowest BCUT2D eigenvalue weighted by Crippen LogP contribution is -2.35. The number of alkyl halides is 9. The summed E-state index contributed by atoms with van der Waals surface area (Å²) in [7, 11) is 0. The average molecular weight is 602 g/mol. The van der Waals surface area contributed by atoms with Crippen molar-refractivity contribution >= 4 is 17.7 Å². The fourth-order valence-corrected chi connectivity index (χ4v) is 4.54. The van der Waals surface area contributed by atoms with Crippen LogP contribution in [0.5, 0.6) is 0 Å². The van der Waals surface area contributed by atoms with Gasteiger partial charge in [0.05, 0.1) is 34.5 Å². The molecule has 1 atom stereocenters. The van der Waals surface area contributed by atoms with Crippen molar-refractivity contribution in [2.45, 2.75) is 70.8 Å². The van der Waals surface area contributed by atoms with Gasteiger partial charge in [0.2, 0.25) is 5.91 Å². The topological polar surface area (TPSA) is 49.9 Å². The first-order valence-corrected chi connectivity index (χ1v) is 12.1. The number of anilines is 1. The highest BCUT2D eigenvalue weighted by Crippen LogP contribution is 2.43. The van der Waals surface area contributed by atoms with E-state index in [1.54, 1.807) is 0 Å². The number of nitrogens with zero attached hydrogens (tertiary/aromatic N) is 2. The summed E-state index contributed by atoms with van der Waals surface area (Å²) in [6.07, 6.45) is -17.4. The van der Waals surface area contributed by atoms with Gasteiger partial charge in [-0.2, -0.15) is 39.5 Å². The first-order chi connectivity index (χ1) is 18.7. The van der Waals surface area contributed by atoms with Gasteiger partial charge in [-0.15, -0.1) is 0 Å². The molecular formula is C26H24F10N2O3. The lowest BCUT2D eigenvalue weighted by molar-refractivity contribution is -0.143. The lowest BCUT2D eigenvalue weighted by Gasteiger charge is -2.33. The molecule has 2 aromatic rings. The smallest absolute Gasteiger partial charge is 0.419 e. The number of halogens is 10. The van der Waals surface area contributed by atoms with E-state index in [4.69, 9.17) is 4.74 Å². The van der Waals surface area contributed by atoms with Gasteiger partial charge in [-0.25, -0.2) is 9.18 Å². The van der Waals surface area contributed by atoms with Crippen LogP contribution in [0.1, 0.15) is 67.5 Å². The number of amides is 2. The summed E-state index contributed by atoms with van der Waals surface area (Å²) in [5.41, 5.74) is -6.37. The van der Waals surface area contributed by atoms with Gasteiger partial charge in [0.15, 0.2) is 0 Å². The minimum absolute atomic E-state index is 0.00961. The van der Waals surface area contributed by atoms with Crippen LogP contribution < -0.4 is 4.90 Å². The van der Waals surface area contributed by atoms with Crippen molar-refractivity contribution in [1.82, 2.24) is 4.90 Å². The molecule has 1 aliphatic heterocycles. The Kier molecular flexibility index (Phi) is 8.89. The molecule has 0 aromatic heterocycles. The summed E-state index contributed by atoms with van der Waals surface area (Å²) in [6, 6.07) is 0.160. The maximum atomic E-state index is 14.7. The molecule has 226 valence electrons. The van der Waals surface area contributed by atoms with Crippen molar-refractivity contribution in [2.75, 3.05) is 11.4 Å². The number of fused-ring (bicyclic) bond motifs is 1. The molecule has 0 radical (unpaired) electrons. The van der Waals surface area contributed by atoms with Crippen LogP contribution in [0.25, 0.3) is 0 Å². The fourth-order valence-electron chi connectivity index (χ4n) is 4.54. The van der Waals surface area contributed by atoms with Crippen LogP contribution in [0.15, 0.2) is 30.3 Å². The molecular weight excluding hydrogens is 578 g/mol. The van der Waals surface area contributed by atoms with Crippen molar-refractivity contribution in [2.24, 2.45) is 0 Å². The second kappa shape index (κ2) is 11.4. The van der Waals surface area contributed by atoms with E-state index < -0.39 is 77.3 Å². The molecule has 5 nitrogen and oxygen atoms in total. The van der Waals surface area contributed by atoms with Crippen molar-refractivity contribution < 1.29 is 58.2 Å². The summed E-state index contributed by atoms with van der Waals surface area (Å²) in [5.74, 6) is -2.63. The van der Waals surface area contributed by atoms with Crippen LogP contribution in [0.4, 0.5) is 54.4 Å². The summed E-state index contributed by atoms with van der Waals surface area (Å²) in [5, 5.41) is 0. The molecule has 0 spiro atoms. The monoisotopic (exact) mass is 602 g/mol. The van der Waals surface area contributed by atoms with Crippen molar-refractivity contribution in [1.29, 1.82) is 0 Å². The van der Waals surface area contributed by atoms with Crippen LogP contribution >= 0.6 is 0 Å². The van der Waals surface area contributed by atoms with Crippen LogP contribution in [0.2, 0.25) is 0 Å². The molecule has 1 heterocycles. The van der Waals surface area contributed by atoms with Gasteiger partial charge in [-0.05, 0) is 68.1 Å². The molecule has 1 aliphatic rings. The van der Waals surface area contributed by atoms with E-state index in [0.29, 0.717) is 24.3 Å². The van der Waals surface area contributed by atoms with Gasteiger partial charge in [0, 0.05) is 20.0 Å². The Balaban J connectivity index is 2.20. The zero-order chi connectivity index (χ0) is 31.1. The summed E-state index contributed by atoms with van der Waals surface area (Å²) >= 11 is 0. The molecule has 0 aliphatic carbocycles. The quantitative estimate of drug-likeness (QED) is 0.332. The zero-order valence-corrected chi connectivity index (χ0v) is 21.8. The van der Waals surface area contributed by atoms with E-state index >= 15 is 0 Å². The van der Waals surface area contributed by atoms with E-state index in [-0.39, 0.29) is 36.7 Å². The molecule has 1 unspecified atom stereocenters. The molecule has 0 bridgehead atoms. The molecule has 0 saturated heterocycles. The maximum absolute atomic E-state index is 14.7. The largest absolute Gasteiger partial charge is 0.446 e. The van der Waals surface area contributed by atoms with E-state index in [1.165, 1.54) is 13.8 Å². The third-order valence-corrected chi connectivity index (χ3v) is 6.27. The third-order valence-electron chi connectivity index (χ3n) is 6.27. The van der Waals surface area contributed by atoms with Gasteiger partial charge in [0.25, 0.3) is 0 Å². The van der Waals surface area contributed by atoms with Crippen molar-refractivity contribution in [3.8, 4) is 0 Å². The predicted molar refractivity (Wildman–Crippen MR) is 125 cm³/mol. The van der Waals surface area contributed by atoms with E-state index in [0.717, 1.165) is 16.7 Å². The Morgan fingerprint density at radius 1 is 0.927 bits per heavy atom. The SMILES string of the molecule is CC(=O)N(Cc1cc(C(F)(F)F)cc(C(F)(F)F)c1)C1CCCN(C(=O)OC(C)C)c2cc(F)c(C(F)(F)F)cc21. The van der Waals surface area contributed by atoms with Crippen LogP contribution in [0, 0.1) is 5.82 Å². The number of carbonyl (C=O) groups is 2. The highest BCUT2D eigenvalue weighted by Gasteiger charge is 2.41. The Morgan fingerprint density at radius 3 is 1.95 bits per heavy atom. The van der Waals surface area contributed by atoms with Gasteiger partial charge < -0.3 is 9.64 Å². The second-order valence-electron chi connectivity index (χ2n) is 9.69. The number of hydrogen-bond donors (Lipinski definition) is 0. The summed E-state index contributed by atoms with van der Waals surface area (Å²) < 4.78 is 141. The normalized spacial score (nSPS) is 16.3. The Labute approximate surface area is 227 Å². The highest BCUT2D eigenvalue weighted by atomic mass is 19.4. The fraction of sp³-hybridized carbons (Fsp3) is 0.462. The minimum atomic E-state index is -5.21. The predicted octanol–water partition coefficient (Wildman–Crippen LogP) is 8.12. The minimum Gasteiger partial charge on any atom is -0.446 e. The Hall–Kier alpha value is -3.52. The molecule has 2 aromatic carbocycles. The zero-order valence-electron chi connectivity index (χ0n) is 21.8. The maximum Gasteiger partial charge on any atom is 0.419 e. The molecule has 3 rings (SSSR count). The van der Waals surface area contributed by atoms with Crippen molar-refractivity contribution in [3.05, 3.63) is 64.0 Å². The Morgan fingerprint density at radius 2 is 1.49 bits per heavy atom. The van der Waals surface area contributed by atoms with E-state index in [2.05, 4.69) is 0 Å². The second-order valence-corrected chi connectivity index (χ2v) is 9.69. The molecule has 15 heteroatoms. The first kappa shape index (κ1) is 32.0. The number of rotatable bonds is 4. The summed E-state index contributed by atoms with van der Waals surface area (Å²) in [4.78, 5) is 27.1. The van der Waals surface area contributed by atoms with Crippen LogP contribution in [-0.2, 0) is 34.6 Å². The van der Waals surface area contributed by atoms with Gasteiger partial charge in [-0.3, -0.25) is 9.69 Å². The lowest BCUT2D eigenvalue weighted by atomic mass is 9.96. The molecule has 2 amide bonds. The van der Waals surface area contributed by atoms with Crippen molar-refractivity contribution in [3.63, 3.8) is 0 Å². The molecule has 0 N–H and O–H groups in total. The molecule has 0 saturated carbocycles. The molecule has 0 fully saturated rings. The summed E-state index contributed by atoms with van der Waals surface area (Å²) in [6.45, 7) is 2.87. The Bertz CT molecular complexity index is 1270. The van der Waals surface area contributed by atoms with E-state index in [1.807, 2.05) is 0 Å². The van der Waals surface area contributed by atoms with Crippen LogP contribution in [0.3, 0.4) is 0 Å². The van der Waals surface area contributed by atoms with E-state index in [9.17, 15) is 53.5 Å². The van der Waals surface area contributed by atoms with Crippen LogP contribution in [-0.4, -0.2) is 29.5 Å². The number of hydrogen-bond acceptors (Lipinski definition) is 3. The van der Waals surface area contributed by atoms with Gasteiger partial charge >= 0.3 is 24.6 Å². The highest BCUT2D eigenvalue weighted by molar-refractivity contribution is 5.89. The number of carbonyl (C=O) groups excluding carboxylic acids is 2. The number of benzene rings is 2. The molecule has 41 heavy (non-hydrogen) atoms. The standard InChI is InChI=1S/C26H24F10N2O3/c1-13(2)41-23(40)37-6-4-5-21(18-10-19(26(34,35)36)20(27)11-22(18)37)38(14(3)39)12-15-7-16(24(28,29)30)9-17(8-15)25(31,32)33/h7-11,13,21H,4-6,12H2,1-3H3. The van der Waals surface area contributed by atoms with Gasteiger partial charge in [-0.1, -0.05) is 0 Å². The average Bonchev–Trinajstić information content (AvgIpc) is 2.98. The number of ether oxygens (including phenoxy) is 1. The third kappa shape index (κ3) is 7.41. The first-order valence-electron chi connectivity index (χ1n) is 12.1.